The molecule has 0 heterocycles. The lowest BCUT2D eigenvalue weighted by atomic mass is 10.1. The minimum Gasteiger partial charge on any atom is -0.374 e. The molecule has 0 radical (unpaired) electrons. The third kappa shape index (κ3) is 8.80. The minimum atomic E-state index is -0.0323. The van der Waals surface area contributed by atoms with Crippen LogP contribution in [0, 0.1) is 0 Å². The van der Waals surface area contributed by atoms with Crippen molar-refractivity contribution in [2.75, 3.05) is 20.2 Å². The van der Waals surface area contributed by atoms with E-state index in [4.69, 9.17) is 4.74 Å². The molecule has 0 aliphatic heterocycles. The second-order valence-corrected chi connectivity index (χ2v) is 7.61. The molecule has 6 heteroatoms. The van der Waals surface area contributed by atoms with Crippen molar-refractivity contribution in [1.82, 2.24) is 16.0 Å². The van der Waals surface area contributed by atoms with Crippen LogP contribution in [0.4, 0.5) is 0 Å². The van der Waals surface area contributed by atoms with Crippen LogP contribution in [0.1, 0.15) is 61.2 Å². The summed E-state index contributed by atoms with van der Waals surface area (Å²) in [7, 11) is 1.76. The van der Waals surface area contributed by atoms with E-state index in [9.17, 15) is 4.79 Å². The maximum Gasteiger partial charge on any atom is 0.251 e. The third-order valence-corrected chi connectivity index (χ3v) is 5.14. The Balaban J connectivity index is 1.67. The van der Waals surface area contributed by atoms with Crippen LogP contribution >= 0.6 is 0 Å². The summed E-state index contributed by atoms with van der Waals surface area (Å²) in [5.41, 5.74) is 2.95. The molecule has 1 amide bonds. The average Bonchev–Trinajstić information content (AvgIpc) is 2.81. The van der Waals surface area contributed by atoms with Crippen molar-refractivity contribution in [3.05, 3.63) is 71.3 Å². The number of carbonyl (C=O) groups excluding carboxylic acids is 1. The Morgan fingerprint density at radius 3 is 2.39 bits per heavy atom. The van der Waals surface area contributed by atoms with E-state index in [1.807, 2.05) is 49.4 Å². The Labute approximate surface area is 186 Å². The van der Waals surface area contributed by atoms with E-state index in [2.05, 4.69) is 46.9 Å². The van der Waals surface area contributed by atoms with Gasteiger partial charge in [0.05, 0.1) is 6.10 Å². The van der Waals surface area contributed by atoms with E-state index in [0.29, 0.717) is 18.7 Å². The molecule has 0 spiro atoms. The maximum atomic E-state index is 12.2. The van der Waals surface area contributed by atoms with Gasteiger partial charge in [-0.25, -0.2) is 0 Å². The summed E-state index contributed by atoms with van der Waals surface area (Å²) < 4.78 is 5.90. The molecule has 2 aromatic rings. The van der Waals surface area contributed by atoms with Crippen molar-refractivity contribution in [2.45, 2.75) is 52.3 Å². The van der Waals surface area contributed by atoms with Gasteiger partial charge in [-0.05, 0) is 49.9 Å². The molecule has 0 saturated heterocycles. The smallest absolute Gasteiger partial charge is 0.251 e. The zero-order valence-corrected chi connectivity index (χ0v) is 19.2. The summed E-state index contributed by atoms with van der Waals surface area (Å²) in [5.74, 6) is 0.713. The van der Waals surface area contributed by atoms with E-state index in [1.165, 1.54) is 5.56 Å². The highest BCUT2D eigenvalue weighted by atomic mass is 16.5. The van der Waals surface area contributed by atoms with Gasteiger partial charge in [0.1, 0.15) is 0 Å². The van der Waals surface area contributed by atoms with Gasteiger partial charge in [0.2, 0.25) is 0 Å². The van der Waals surface area contributed by atoms with Gasteiger partial charge in [-0.3, -0.25) is 9.79 Å². The third-order valence-electron chi connectivity index (χ3n) is 5.14. The highest BCUT2D eigenvalue weighted by Crippen LogP contribution is 2.15. The lowest BCUT2D eigenvalue weighted by Gasteiger charge is -2.15. The first-order valence-electron chi connectivity index (χ1n) is 11.0. The van der Waals surface area contributed by atoms with Gasteiger partial charge in [-0.2, -0.15) is 0 Å². The Bertz CT molecular complexity index is 806. The topological polar surface area (TPSA) is 74.8 Å². The van der Waals surface area contributed by atoms with E-state index >= 15 is 0 Å². The fraction of sp³-hybridized carbons (Fsp3) is 0.440. The normalized spacial score (nSPS) is 13.4. The number of amides is 1. The fourth-order valence-electron chi connectivity index (χ4n) is 2.95. The largest absolute Gasteiger partial charge is 0.374 e. The van der Waals surface area contributed by atoms with Crippen LogP contribution in [-0.2, 0) is 11.3 Å². The standard InChI is InChI=1S/C25H36N4O2/c1-5-19(2)29-24(30)23-14-12-21(13-15-23)18-28-25(26-4)27-16-9-17-31-20(3)22-10-7-6-8-11-22/h6-8,10-15,19-20H,5,9,16-18H2,1-4H3,(H,29,30)(H2,26,27,28). The van der Waals surface area contributed by atoms with Crippen molar-refractivity contribution < 1.29 is 9.53 Å². The summed E-state index contributed by atoms with van der Waals surface area (Å²) in [4.78, 5) is 16.4. The zero-order chi connectivity index (χ0) is 22.5. The molecule has 6 nitrogen and oxygen atoms in total. The molecule has 3 N–H and O–H groups in total. The van der Waals surface area contributed by atoms with Crippen molar-refractivity contribution in [1.29, 1.82) is 0 Å². The van der Waals surface area contributed by atoms with Gasteiger partial charge in [-0.1, -0.05) is 49.4 Å². The van der Waals surface area contributed by atoms with Crippen molar-refractivity contribution in [3.8, 4) is 0 Å². The number of ether oxygens (including phenoxy) is 1. The van der Waals surface area contributed by atoms with Gasteiger partial charge in [0.25, 0.3) is 5.91 Å². The monoisotopic (exact) mass is 424 g/mol. The summed E-state index contributed by atoms with van der Waals surface area (Å²) >= 11 is 0. The van der Waals surface area contributed by atoms with Gasteiger partial charge in [-0.15, -0.1) is 0 Å². The van der Waals surface area contributed by atoms with Crippen LogP contribution in [0.25, 0.3) is 0 Å². The van der Waals surface area contributed by atoms with Crippen molar-refractivity contribution in [3.63, 3.8) is 0 Å². The molecule has 0 fully saturated rings. The molecular formula is C25H36N4O2. The Morgan fingerprint density at radius 2 is 1.74 bits per heavy atom. The second-order valence-electron chi connectivity index (χ2n) is 7.61. The molecule has 0 aliphatic carbocycles. The molecule has 31 heavy (non-hydrogen) atoms. The molecule has 0 bridgehead atoms. The summed E-state index contributed by atoms with van der Waals surface area (Å²) in [6.07, 6.45) is 1.89. The number of nitrogens with zero attached hydrogens (tertiary/aromatic N) is 1. The molecule has 168 valence electrons. The Hall–Kier alpha value is -2.86. The van der Waals surface area contributed by atoms with Crippen molar-refractivity contribution >= 4 is 11.9 Å². The highest BCUT2D eigenvalue weighted by Gasteiger charge is 2.08. The predicted molar refractivity (Wildman–Crippen MR) is 127 cm³/mol. The molecule has 2 unspecified atom stereocenters. The SMILES string of the molecule is CCC(C)NC(=O)c1ccc(CNC(=NC)NCCCOC(C)c2ccccc2)cc1. The van der Waals surface area contributed by atoms with E-state index in [0.717, 1.165) is 30.9 Å². The lowest BCUT2D eigenvalue weighted by Crippen LogP contribution is -2.37. The van der Waals surface area contributed by atoms with Gasteiger partial charge >= 0.3 is 0 Å². The molecule has 0 saturated carbocycles. The maximum absolute atomic E-state index is 12.2. The summed E-state index contributed by atoms with van der Waals surface area (Å²) in [6.45, 7) is 8.22. The lowest BCUT2D eigenvalue weighted by molar-refractivity contribution is 0.0646. The van der Waals surface area contributed by atoms with Gasteiger partial charge in [0, 0.05) is 38.3 Å². The molecule has 0 aromatic heterocycles. The number of hydrogen-bond acceptors (Lipinski definition) is 3. The van der Waals surface area contributed by atoms with E-state index < -0.39 is 0 Å². The van der Waals surface area contributed by atoms with Gasteiger partial charge in [0.15, 0.2) is 5.96 Å². The van der Waals surface area contributed by atoms with Crippen LogP contribution in [0.5, 0.6) is 0 Å². The first-order chi connectivity index (χ1) is 15.0. The van der Waals surface area contributed by atoms with Crippen LogP contribution in [0.2, 0.25) is 0 Å². The predicted octanol–water partition coefficient (Wildman–Crippen LogP) is 4.05. The molecule has 2 aromatic carbocycles. The minimum absolute atomic E-state index is 0.0323. The molecule has 2 atom stereocenters. The number of aliphatic imine (C=N–C) groups is 1. The number of guanidine groups is 1. The fourth-order valence-corrected chi connectivity index (χ4v) is 2.95. The van der Waals surface area contributed by atoms with Gasteiger partial charge < -0.3 is 20.7 Å². The Kier molecular flexibility index (Phi) is 10.6. The quantitative estimate of drug-likeness (QED) is 0.289. The number of carbonyl (C=O) groups is 1. The van der Waals surface area contributed by atoms with Crippen LogP contribution in [0.3, 0.4) is 0 Å². The average molecular weight is 425 g/mol. The first kappa shape index (κ1) is 24.4. The van der Waals surface area contributed by atoms with E-state index in [-0.39, 0.29) is 18.1 Å². The number of benzene rings is 2. The van der Waals surface area contributed by atoms with Crippen LogP contribution < -0.4 is 16.0 Å². The molecule has 0 aliphatic rings. The van der Waals surface area contributed by atoms with E-state index in [1.54, 1.807) is 7.05 Å². The Morgan fingerprint density at radius 1 is 1.03 bits per heavy atom. The zero-order valence-electron chi connectivity index (χ0n) is 19.2. The summed E-state index contributed by atoms with van der Waals surface area (Å²) in [6, 6.07) is 18.1. The van der Waals surface area contributed by atoms with Crippen LogP contribution in [0.15, 0.2) is 59.6 Å². The first-order valence-corrected chi connectivity index (χ1v) is 11.0. The summed E-state index contributed by atoms with van der Waals surface area (Å²) in [5, 5.41) is 9.58. The van der Waals surface area contributed by atoms with Crippen molar-refractivity contribution in [2.24, 2.45) is 4.99 Å². The second kappa shape index (κ2) is 13.4. The molecule has 2 rings (SSSR count). The number of hydrogen-bond donors (Lipinski definition) is 3. The number of rotatable bonds is 11. The molecular weight excluding hydrogens is 388 g/mol. The highest BCUT2D eigenvalue weighted by molar-refractivity contribution is 5.94. The van der Waals surface area contributed by atoms with Crippen LogP contribution in [-0.4, -0.2) is 38.1 Å². The number of nitrogens with one attached hydrogen (secondary N) is 3.